The van der Waals surface area contributed by atoms with Gasteiger partial charge in [0.25, 0.3) is 0 Å². The summed E-state index contributed by atoms with van der Waals surface area (Å²) in [4.78, 5) is 30.7. The summed E-state index contributed by atoms with van der Waals surface area (Å²) >= 11 is 5.93. The first-order valence-corrected chi connectivity index (χ1v) is 10.1. The molecule has 3 rings (SSSR count). The van der Waals surface area contributed by atoms with Crippen LogP contribution in [-0.2, 0) is 9.59 Å². The Morgan fingerprint density at radius 1 is 1.03 bits per heavy atom. The molecule has 2 amide bonds. The van der Waals surface area contributed by atoms with E-state index in [2.05, 4.69) is 41.4 Å². The Bertz CT molecular complexity index is 865. The molecule has 1 N–H and O–H groups in total. The molecular weight excluding hydrogens is 388 g/mol. The van der Waals surface area contributed by atoms with Crippen molar-refractivity contribution in [2.75, 3.05) is 56.5 Å². The molecule has 2 aromatic rings. The zero-order valence-corrected chi connectivity index (χ0v) is 17.7. The highest BCUT2D eigenvalue weighted by Crippen LogP contribution is 2.18. The van der Waals surface area contributed by atoms with Crippen LogP contribution in [-0.4, -0.2) is 67.9 Å². The standard InChI is InChI=1S/C22H27ClN4O2/c1-17-5-3-8-20(13-17)26-9-11-27(12-10-26)22(29)16-25(2)15-21(28)24-19-7-4-6-18(23)14-19/h3-8,13-14H,9-12,15-16H2,1-2H3,(H,24,28). The van der Waals surface area contributed by atoms with Gasteiger partial charge in [-0.25, -0.2) is 0 Å². The molecule has 1 fully saturated rings. The van der Waals surface area contributed by atoms with E-state index in [4.69, 9.17) is 11.6 Å². The number of hydrogen-bond acceptors (Lipinski definition) is 4. The van der Waals surface area contributed by atoms with Crippen LogP contribution in [0, 0.1) is 6.92 Å². The van der Waals surface area contributed by atoms with Crippen molar-refractivity contribution >= 4 is 34.8 Å². The highest BCUT2D eigenvalue weighted by molar-refractivity contribution is 6.30. The molecule has 1 saturated heterocycles. The van der Waals surface area contributed by atoms with Gasteiger partial charge in [0.05, 0.1) is 13.1 Å². The molecule has 0 radical (unpaired) electrons. The minimum atomic E-state index is -0.174. The van der Waals surface area contributed by atoms with Gasteiger partial charge in [0.15, 0.2) is 0 Å². The van der Waals surface area contributed by atoms with Crippen molar-refractivity contribution in [2.24, 2.45) is 0 Å². The number of carbonyl (C=O) groups is 2. The van der Waals surface area contributed by atoms with E-state index in [0.717, 1.165) is 13.1 Å². The molecule has 154 valence electrons. The average molecular weight is 415 g/mol. The summed E-state index contributed by atoms with van der Waals surface area (Å²) in [5.74, 6) is -0.126. The topological polar surface area (TPSA) is 55.9 Å². The summed E-state index contributed by atoms with van der Waals surface area (Å²) in [5.41, 5.74) is 3.08. The van der Waals surface area contributed by atoms with E-state index >= 15 is 0 Å². The van der Waals surface area contributed by atoms with Crippen LogP contribution < -0.4 is 10.2 Å². The zero-order chi connectivity index (χ0) is 20.8. The van der Waals surface area contributed by atoms with Gasteiger partial charge in [-0.1, -0.05) is 29.8 Å². The molecule has 0 atom stereocenters. The SMILES string of the molecule is Cc1cccc(N2CCN(C(=O)CN(C)CC(=O)Nc3cccc(Cl)c3)CC2)c1. The molecule has 1 aliphatic heterocycles. The lowest BCUT2D eigenvalue weighted by atomic mass is 10.2. The van der Waals surface area contributed by atoms with Gasteiger partial charge in [-0.15, -0.1) is 0 Å². The van der Waals surface area contributed by atoms with Crippen LogP contribution in [0.5, 0.6) is 0 Å². The Hall–Kier alpha value is -2.57. The fraction of sp³-hybridized carbons (Fsp3) is 0.364. The molecule has 0 bridgehead atoms. The van der Waals surface area contributed by atoms with E-state index in [9.17, 15) is 9.59 Å². The maximum absolute atomic E-state index is 12.6. The second-order valence-electron chi connectivity index (χ2n) is 7.44. The predicted octanol–water partition coefficient (Wildman–Crippen LogP) is 2.87. The maximum atomic E-state index is 12.6. The molecule has 0 aliphatic carbocycles. The molecule has 0 spiro atoms. The zero-order valence-electron chi connectivity index (χ0n) is 16.9. The largest absolute Gasteiger partial charge is 0.368 e. The Balaban J connectivity index is 1.43. The first-order valence-electron chi connectivity index (χ1n) is 9.74. The maximum Gasteiger partial charge on any atom is 0.238 e. The highest BCUT2D eigenvalue weighted by atomic mass is 35.5. The number of rotatable bonds is 6. The van der Waals surface area contributed by atoms with Crippen LogP contribution in [0.2, 0.25) is 5.02 Å². The molecular formula is C22H27ClN4O2. The number of halogens is 1. The summed E-state index contributed by atoms with van der Waals surface area (Å²) in [5, 5.41) is 3.36. The van der Waals surface area contributed by atoms with Crippen molar-refractivity contribution in [2.45, 2.75) is 6.92 Å². The third-order valence-corrected chi connectivity index (χ3v) is 5.16. The van der Waals surface area contributed by atoms with Crippen LogP contribution in [0.15, 0.2) is 48.5 Å². The van der Waals surface area contributed by atoms with Gasteiger partial charge >= 0.3 is 0 Å². The molecule has 1 heterocycles. The van der Waals surface area contributed by atoms with Gasteiger partial charge < -0.3 is 15.1 Å². The lowest BCUT2D eigenvalue weighted by Crippen LogP contribution is -2.51. The van der Waals surface area contributed by atoms with E-state index in [-0.39, 0.29) is 24.9 Å². The van der Waals surface area contributed by atoms with E-state index in [0.29, 0.717) is 23.8 Å². The number of hydrogen-bond donors (Lipinski definition) is 1. The molecule has 0 unspecified atom stereocenters. The summed E-state index contributed by atoms with van der Waals surface area (Å²) in [6.45, 7) is 5.45. The van der Waals surface area contributed by atoms with Crippen molar-refractivity contribution in [3.05, 3.63) is 59.1 Å². The number of nitrogens with zero attached hydrogens (tertiary/aromatic N) is 3. The van der Waals surface area contributed by atoms with Gasteiger partial charge in [0, 0.05) is 42.6 Å². The van der Waals surface area contributed by atoms with Crippen molar-refractivity contribution in [3.8, 4) is 0 Å². The number of piperazine rings is 1. The van der Waals surface area contributed by atoms with Crippen molar-refractivity contribution < 1.29 is 9.59 Å². The molecule has 6 nitrogen and oxygen atoms in total. The lowest BCUT2D eigenvalue weighted by molar-refractivity contribution is -0.132. The Kier molecular flexibility index (Phi) is 7.12. The number of amides is 2. The van der Waals surface area contributed by atoms with Crippen molar-refractivity contribution in [1.29, 1.82) is 0 Å². The van der Waals surface area contributed by atoms with Crippen LogP contribution in [0.25, 0.3) is 0 Å². The van der Waals surface area contributed by atoms with Crippen LogP contribution in [0.4, 0.5) is 11.4 Å². The first kappa shape index (κ1) is 21.1. The average Bonchev–Trinajstić information content (AvgIpc) is 2.68. The Morgan fingerprint density at radius 2 is 1.76 bits per heavy atom. The third-order valence-electron chi connectivity index (χ3n) is 4.93. The van der Waals surface area contributed by atoms with Gasteiger partial charge in [-0.3, -0.25) is 14.5 Å². The monoisotopic (exact) mass is 414 g/mol. The molecule has 0 aromatic heterocycles. The van der Waals surface area contributed by atoms with Gasteiger partial charge in [-0.05, 0) is 49.9 Å². The Labute approximate surface area is 177 Å². The second kappa shape index (κ2) is 9.76. The summed E-state index contributed by atoms with van der Waals surface area (Å²) in [7, 11) is 1.78. The van der Waals surface area contributed by atoms with Crippen LogP contribution in [0.3, 0.4) is 0 Å². The highest BCUT2D eigenvalue weighted by Gasteiger charge is 2.22. The number of anilines is 2. The summed E-state index contributed by atoms with van der Waals surface area (Å²) in [6.07, 6.45) is 0. The fourth-order valence-electron chi connectivity index (χ4n) is 3.44. The van der Waals surface area contributed by atoms with Crippen LogP contribution >= 0.6 is 11.6 Å². The van der Waals surface area contributed by atoms with Gasteiger partial charge in [0.1, 0.15) is 0 Å². The van der Waals surface area contributed by atoms with E-state index in [1.807, 2.05) is 4.90 Å². The molecule has 0 saturated carbocycles. The molecule has 29 heavy (non-hydrogen) atoms. The number of carbonyl (C=O) groups excluding carboxylic acids is 2. The second-order valence-corrected chi connectivity index (χ2v) is 7.87. The normalized spacial score (nSPS) is 14.2. The van der Waals surface area contributed by atoms with Crippen molar-refractivity contribution in [1.82, 2.24) is 9.80 Å². The van der Waals surface area contributed by atoms with Crippen molar-refractivity contribution in [3.63, 3.8) is 0 Å². The molecule has 1 aliphatic rings. The first-order chi connectivity index (χ1) is 13.9. The number of aryl methyl sites for hydroxylation is 1. The van der Waals surface area contributed by atoms with Gasteiger partial charge in [-0.2, -0.15) is 0 Å². The molecule has 2 aromatic carbocycles. The third kappa shape index (κ3) is 6.21. The quantitative estimate of drug-likeness (QED) is 0.789. The smallest absolute Gasteiger partial charge is 0.238 e. The minimum Gasteiger partial charge on any atom is -0.368 e. The minimum absolute atomic E-state index is 0.0481. The van der Waals surface area contributed by atoms with Crippen LogP contribution in [0.1, 0.15) is 5.56 Å². The number of benzene rings is 2. The Morgan fingerprint density at radius 3 is 2.45 bits per heavy atom. The number of nitrogens with one attached hydrogen (secondary N) is 1. The summed E-state index contributed by atoms with van der Waals surface area (Å²) in [6, 6.07) is 15.4. The van der Waals surface area contributed by atoms with E-state index in [1.54, 1.807) is 36.2 Å². The van der Waals surface area contributed by atoms with Gasteiger partial charge in [0.2, 0.25) is 11.8 Å². The fourth-order valence-corrected chi connectivity index (χ4v) is 3.63. The lowest BCUT2D eigenvalue weighted by Gasteiger charge is -2.36. The van der Waals surface area contributed by atoms with E-state index < -0.39 is 0 Å². The molecule has 7 heteroatoms. The van der Waals surface area contributed by atoms with E-state index in [1.165, 1.54) is 11.3 Å². The predicted molar refractivity (Wildman–Crippen MR) is 118 cm³/mol. The summed E-state index contributed by atoms with van der Waals surface area (Å²) < 4.78 is 0. The number of likely N-dealkylation sites (N-methyl/N-ethyl adjacent to an activating group) is 1.